The zero-order valence-corrected chi connectivity index (χ0v) is 11.6. The summed E-state index contributed by atoms with van der Waals surface area (Å²) in [5.74, 6) is -1.07. The third-order valence-corrected chi connectivity index (χ3v) is 3.33. The molecule has 2 aromatic carbocycles. The van der Waals surface area contributed by atoms with Crippen LogP contribution in [0, 0.1) is 12.7 Å². The molecule has 0 saturated carbocycles. The molecule has 0 amide bonds. The molecule has 0 fully saturated rings. The Balaban J connectivity index is 2.08. The van der Waals surface area contributed by atoms with E-state index in [2.05, 4.69) is 0 Å². The van der Waals surface area contributed by atoms with Gasteiger partial charge in [0.1, 0.15) is 12.4 Å². The molecule has 2 rings (SSSR count). The molecule has 0 unspecified atom stereocenters. The summed E-state index contributed by atoms with van der Waals surface area (Å²) in [4.78, 5) is 11.9. The van der Waals surface area contributed by atoms with Crippen LogP contribution in [0.1, 0.15) is 21.5 Å². The fourth-order valence-corrected chi connectivity index (χ4v) is 1.83. The van der Waals surface area contributed by atoms with Gasteiger partial charge in [0.15, 0.2) is 0 Å². The van der Waals surface area contributed by atoms with Crippen LogP contribution in [0.5, 0.6) is 0 Å². The van der Waals surface area contributed by atoms with Crippen LogP contribution >= 0.6 is 11.6 Å². The maximum absolute atomic E-state index is 13.2. The van der Waals surface area contributed by atoms with Crippen molar-refractivity contribution in [2.24, 2.45) is 0 Å². The average Bonchev–Trinajstić information content (AvgIpc) is 2.43. The number of rotatable bonds is 3. The number of hydrogen-bond acceptors (Lipinski definition) is 3. The predicted octanol–water partition coefficient (Wildman–Crippen LogP) is 3.73. The quantitative estimate of drug-likeness (QED) is 0.693. The van der Waals surface area contributed by atoms with Crippen LogP contribution < -0.4 is 5.73 Å². The molecule has 0 spiro atoms. The van der Waals surface area contributed by atoms with Gasteiger partial charge in [-0.2, -0.15) is 0 Å². The van der Waals surface area contributed by atoms with E-state index in [0.29, 0.717) is 16.8 Å². The number of carbonyl (C=O) groups is 1. The Morgan fingerprint density at radius 2 is 2.10 bits per heavy atom. The summed E-state index contributed by atoms with van der Waals surface area (Å²) < 4.78 is 18.3. The molecule has 0 aliphatic rings. The first-order chi connectivity index (χ1) is 9.49. The van der Waals surface area contributed by atoms with Gasteiger partial charge in [-0.05, 0) is 30.7 Å². The Morgan fingerprint density at radius 1 is 1.35 bits per heavy atom. The molecular weight excluding hydrogens is 281 g/mol. The zero-order chi connectivity index (χ0) is 14.7. The Morgan fingerprint density at radius 3 is 2.80 bits per heavy atom. The lowest BCUT2D eigenvalue weighted by Crippen LogP contribution is -2.06. The SMILES string of the molecule is Cc1ccc(C(=O)OCc2cccc(F)c2Cl)cc1N. The van der Waals surface area contributed by atoms with E-state index in [1.165, 1.54) is 12.1 Å². The normalized spacial score (nSPS) is 10.3. The highest BCUT2D eigenvalue weighted by Crippen LogP contribution is 2.21. The molecule has 0 aromatic heterocycles. The van der Waals surface area contributed by atoms with Crippen molar-refractivity contribution in [1.82, 2.24) is 0 Å². The molecule has 104 valence electrons. The number of esters is 1. The molecule has 2 N–H and O–H groups in total. The maximum Gasteiger partial charge on any atom is 0.338 e. The second kappa shape index (κ2) is 5.92. The third kappa shape index (κ3) is 3.08. The number of ether oxygens (including phenoxy) is 1. The molecule has 0 heterocycles. The smallest absolute Gasteiger partial charge is 0.338 e. The molecule has 3 nitrogen and oxygen atoms in total. The Hall–Kier alpha value is -2.07. The molecular formula is C15H13ClFNO2. The van der Waals surface area contributed by atoms with Crippen molar-refractivity contribution < 1.29 is 13.9 Å². The van der Waals surface area contributed by atoms with Crippen LogP contribution in [0.3, 0.4) is 0 Å². The fourth-order valence-electron chi connectivity index (χ4n) is 1.65. The molecule has 0 radical (unpaired) electrons. The summed E-state index contributed by atoms with van der Waals surface area (Å²) in [6, 6.07) is 9.26. The van der Waals surface area contributed by atoms with Crippen LogP contribution in [0.25, 0.3) is 0 Å². The first kappa shape index (κ1) is 14.3. The summed E-state index contributed by atoms with van der Waals surface area (Å²) in [7, 11) is 0. The number of benzene rings is 2. The number of halogens is 2. The van der Waals surface area contributed by atoms with Crippen molar-refractivity contribution in [3.05, 3.63) is 63.9 Å². The first-order valence-corrected chi connectivity index (χ1v) is 6.33. The van der Waals surface area contributed by atoms with E-state index in [1.54, 1.807) is 24.3 Å². The lowest BCUT2D eigenvalue weighted by Gasteiger charge is -2.08. The Labute approximate surface area is 121 Å². The molecule has 0 aliphatic carbocycles. The van der Waals surface area contributed by atoms with Crippen molar-refractivity contribution in [3.8, 4) is 0 Å². The van der Waals surface area contributed by atoms with Crippen molar-refractivity contribution in [3.63, 3.8) is 0 Å². The van der Waals surface area contributed by atoms with Crippen LogP contribution in [-0.2, 0) is 11.3 Å². The highest BCUT2D eigenvalue weighted by atomic mass is 35.5. The van der Waals surface area contributed by atoms with Crippen molar-refractivity contribution >= 4 is 23.3 Å². The van der Waals surface area contributed by atoms with Crippen LogP contribution in [0.15, 0.2) is 36.4 Å². The van der Waals surface area contributed by atoms with E-state index >= 15 is 0 Å². The monoisotopic (exact) mass is 293 g/mol. The third-order valence-electron chi connectivity index (χ3n) is 2.91. The number of hydrogen-bond donors (Lipinski definition) is 1. The van der Waals surface area contributed by atoms with Gasteiger partial charge in [-0.15, -0.1) is 0 Å². The number of carbonyl (C=O) groups excluding carboxylic acids is 1. The maximum atomic E-state index is 13.2. The van der Waals surface area contributed by atoms with Crippen molar-refractivity contribution in [2.75, 3.05) is 5.73 Å². The second-order valence-corrected chi connectivity index (χ2v) is 4.74. The number of nitrogen functional groups attached to an aromatic ring is 1. The van der Waals surface area contributed by atoms with E-state index in [9.17, 15) is 9.18 Å². The second-order valence-electron chi connectivity index (χ2n) is 4.36. The summed E-state index contributed by atoms with van der Waals surface area (Å²) in [5, 5.41) is -0.0382. The zero-order valence-electron chi connectivity index (χ0n) is 10.8. The molecule has 2 aromatic rings. The van der Waals surface area contributed by atoms with Gasteiger partial charge in [-0.1, -0.05) is 29.8 Å². The molecule has 5 heteroatoms. The van der Waals surface area contributed by atoms with E-state index < -0.39 is 11.8 Å². The highest BCUT2D eigenvalue weighted by Gasteiger charge is 2.11. The number of anilines is 1. The topological polar surface area (TPSA) is 52.3 Å². The van der Waals surface area contributed by atoms with Crippen molar-refractivity contribution in [1.29, 1.82) is 0 Å². The summed E-state index contributed by atoms with van der Waals surface area (Å²) in [6.45, 7) is 1.75. The van der Waals surface area contributed by atoms with Crippen molar-refractivity contribution in [2.45, 2.75) is 13.5 Å². The summed E-state index contributed by atoms with van der Waals surface area (Å²) in [6.07, 6.45) is 0. The van der Waals surface area contributed by atoms with E-state index in [1.807, 2.05) is 6.92 Å². The minimum Gasteiger partial charge on any atom is -0.457 e. The van der Waals surface area contributed by atoms with Gasteiger partial charge < -0.3 is 10.5 Å². The van der Waals surface area contributed by atoms with Gasteiger partial charge in [0.05, 0.1) is 10.6 Å². The van der Waals surface area contributed by atoms with Crippen LogP contribution in [-0.4, -0.2) is 5.97 Å². The Bertz CT molecular complexity index is 658. The fraction of sp³-hybridized carbons (Fsp3) is 0.133. The predicted molar refractivity (Wildman–Crippen MR) is 76.1 cm³/mol. The lowest BCUT2D eigenvalue weighted by atomic mass is 10.1. The molecule has 0 atom stereocenters. The van der Waals surface area contributed by atoms with Gasteiger partial charge in [0, 0.05) is 11.3 Å². The number of nitrogens with two attached hydrogens (primary N) is 1. The van der Waals surface area contributed by atoms with Gasteiger partial charge >= 0.3 is 5.97 Å². The van der Waals surface area contributed by atoms with Gasteiger partial charge in [-0.3, -0.25) is 0 Å². The average molecular weight is 294 g/mol. The largest absolute Gasteiger partial charge is 0.457 e. The van der Waals surface area contributed by atoms with Crippen LogP contribution in [0.2, 0.25) is 5.02 Å². The molecule has 0 saturated heterocycles. The molecule has 20 heavy (non-hydrogen) atoms. The van der Waals surface area contributed by atoms with E-state index in [4.69, 9.17) is 22.1 Å². The van der Waals surface area contributed by atoms with Gasteiger partial charge in [-0.25, -0.2) is 9.18 Å². The minimum absolute atomic E-state index is 0.0382. The van der Waals surface area contributed by atoms with E-state index in [-0.39, 0.29) is 11.6 Å². The van der Waals surface area contributed by atoms with Gasteiger partial charge in [0.25, 0.3) is 0 Å². The van der Waals surface area contributed by atoms with E-state index in [0.717, 1.165) is 5.56 Å². The van der Waals surface area contributed by atoms with Gasteiger partial charge in [0.2, 0.25) is 0 Å². The standard InChI is InChI=1S/C15H13ClFNO2/c1-9-5-6-10(7-13(9)18)15(19)20-8-11-3-2-4-12(17)14(11)16/h2-7H,8,18H2,1H3. The molecule has 0 aliphatic heterocycles. The highest BCUT2D eigenvalue weighted by molar-refractivity contribution is 6.31. The van der Waals surface area contributed by atoms with Crippen LogP contribution in [0.4, 0.5) is 10.1 Å². The molecule has 0 bridgehead atoms. The number of aryl methyl sites for hydroxylation is 1. The minimum atomic E-state index is -0.542. The lowest BCUT2D eigenvalue weighted by molar-refractivity contribution is 0.0472. The summed E-state index contributed by atoms with van der Waals surface area (Å²) in [5.41, 5.74) is 7.90. The first-order valence-electron chi connectivity index (χ1n) is 5.95. The Kier molecular flexibility index (Phi) is 4.25. The summed E-state index contributed by atoms with van der Waals surface area (Å²) >= 11 is 5.78.